The number of aliphatic hydroxyl groups excluding tert-OH is 1. The highest BCUT2D eigenvalue weighted by Crippen LogP contribution is 2.13. The van der Waals surface area contributed by atoms with E-state index in [0.717, 1.165) is 19.4 Å². The number of hydrogen-bond acceptors (Lipinski definition) is 2. The number of ether oxygens (including phenoxy) is 1. The van der Waals surface area contributed by atoms with Crippen LogP contribution in [0.2, 0.25) is 0 Å². The summed E-state index contributed by atoms with van der Waals surface area (Å²) in [4.78, 5) is 0. The normalized spacial score (nSPS) is 12.7. The molecule has 140 valence electrons. The van der Waals surface area contributed by atoms with Gasteiger partial charge in [-0.15, -0.1) is 0 Å². The molecule has 0 aromatic carbocycles. The van der Waals surface area contributed by atoms with Gasteiger partial charge in [-0.1, -0.05) is 104 Å². The van der Waals surface area contributed by atoms with Crippen molar-refractivity contribution in [2.24, 2.45) is 0 Å². The molecule has 0 saturated carbocycles. The van der Waals surface area contributed by atoms with Gasteiger partial charge >= 0.3 is 0 Å². The van der Waals surface area contributed by atoms with E-state index < -0.39 is 0 Å². The quantitative estimate of drug-likeness (QED) is 0.269. The largest absolute Gasteiger partial charge is 0.391 e. The zero-order valence-electron chi connectivity index (χ0n) is 16.2. The lowest BCUT2D eigenvalue weighted by Gasteiger charge is -2.08. The molecule has 0 aliphatic heterocycles. The van der Waals surface area contributed by atoms with Crippen LogP contribution in [0.1, 0.15) is 117 Å². The average molecular weight is 329 g/mol. The van der Waals surface area contributed by atoms with Crippen molar-refractivity contribution in [3.8, 4) is 0 Å². The molecule has 1 N–H and O–H groups in total. The lowest BCUT2D eigenvalue weighted by molar-refractivity contribution is 0.0335. The Morgan fingerprint density at radius 3 is 1.39 bits per heavy atom. The zero-order chi connectivity index (χ0) is 17.0. The Morgan fingerprint density at radius 1 is 0.609 bits per heavy atom. The van der Waals surface area contributed by atoms with Gasteiger partial charge in [0.05, 0.1) is 12.7 Å². The van der Waals surface area contributed by atoms with E-state index in [-0.39, 0.29) is 6.10 Å². The molecule has 0 spiro atoms. The highest BCUT2D eigenvalue weighted by Gasteiger charge is 1.99. The van der Waals surface area contributed by atoms with Crippen molar-refractivity contribution in [3.63, 3.8) is 0 Å². The predicted octanol–water partition coefficient (Wildman–Crippen LogP) is 6.65. The van der Waals surface area contributed by atoms with Crippen LogP contribution in [0.15, 0.2) is 0 Å². The summed E-state index contributed by atoms with van der Waals surface area (Å²) >= 11 is 0. The van der Waals surface area contributed by atoms with Crippen LogP contribution >= 0.6 is 0 Å². The van der Waals surface area contributed by atoms with Crippen LogP contribution in [0.3, 0.4) is 0 Å². The molecule has 0 radical (unpaired) electrons. The first kappa shape index (κ1) is 22.9. The first-order valence-corrected chi connectivity index (χ1v) is 10.6. The van der Waals surface area contributed by atoms with E-state index in [1.54, 1.807) is 0 Å². The molecule has 0 amide bonds. The Morgan fingerprint density at radius 2 is 1.00 bits per heavy atom. The van der Waals surface area contributed by atoms with Crippen molar-refractivity contribution >= 4 is 0 Å². The summed E-state index contributed by atoms with van der Waals surface area (Å²) in [5, 5.41) is 9.36. The molecule has 0 rings (SSSR count). The molecular formula is C21H44O2. The van der Waals surface area contributed by atoms with Crippen LogP contribution < -0.4 is 0 Å². The van der Waals surface area contributed by atoms with Gasteiger partial charge in [-0.2, -0.15) is 0 Å². The topological polar surface area (TPSA) is 29.5 Å². The molecule has 0 aliphatic rings. The van der Waals surface area contributed by atoms with Crippen molar-refractivity contribution < 1.29 is 9.84 Å². The van der Waals surface area contributed by atoms with E-state index in [1.807, 2.05) is 6.92 Å². The lowest BCUT2D eigenvalue weighted by Crippen LogP contribution is -2.14. The van der Waals surface area contributed by atoms with E-state index in [1.165, 1.54) is 89.9 Å². The van der Waals surface area contributed by atoms with E-state index in [0.29, 0.717) is 6.61 Å². The molecule has 2 heteroatoms. The molecule has 0 bridgehead atoms. The number of rotatable bonds is 19. The molecule has 0 aliphatic carbocycles. The van der Waals surface area contributed by atoms with Gasteiger partial charge in [0.15, 0.2) is 0 Å². The maximum Gasteiger partial charge on any atom is 0.0771 e. The molecule has 0 aromatic rings. The number of aliphatic hydroxyl groups is 1. The fraction of sp³-hybridized carbons (Fsp3) is 1.00. The molecule has 1 atom stereocenters. The van der Waals surface area contributed by atoms with Crippen LogP contribution in [0.4, 0.5) is 0 Å². The van der Waals surface area contributed by atoms with Crippen molar-refractivity contribution in [1.82, 2.24) is 0 Å². The monoisotopic (exact) mass is 328 g/mol. The third kappa shape index (κ3) is 19.9. The number of hydrogen-bond donors (Lipinski definition) is 1. The zero-order valence-corrected chi connectivity index (χ0v) is 16.2. The first-order chi connectivity index (χ1) is 11.3. The van der Waals surface area contributed by atoms with Crippen molar-refractivity contribution in [1.29, 1.82) is 0 Å². The Bertz CT molecular complexity index is 206. The molecule has 0 fully saturated rings. The van der Waals surface area contributed by atoms with E-state index in [2.05, 4.69) is 6.92 Å². The average Bonchev–Trinajstić information content (AvgIpc) is 2.57. The second kappa shape index (κ2) is 20.0. The minimum Gasteiger partial charge on any atom is -0.391 e. The van der Waals surface area contributed by atoms with Crippen LogP contribution in [0.25, 0.3) is 0 Å². The first-order valence-electron chi connectivity index (χ1n) is 10.6. The van der Waals surface area contributed by atoms with Crippen LogP contribution in [0, 0.1) is 0 Å². The van der Waals surface area contributed by atoms with Gasteiger partial charge in [0.2, 0.25) is 0 Å². The summed E-state index contributed by atoms with van der Waals surface area (Å²) in [6.07, 6.45) is 21.4. The minimum atomic E-state index is -0.272. The van der Waals surface area contributed by atoms with Gasteiger partial charge in [0.1, 0.15) is 0 Å². The predicted molar refractivity (Wildman–Crippen MR) is 102 cm³/mol. The SMILES string of the molecule is CCCCCCCCCCCCCCCCCOCC(O)CC. The van der Waals surface area contributed by atoms with Gasteiger partial charge in [0.25, 0.3) is 0 Å². The summed E-state index contributed by atoms with van der Waals surface area (Å²) in [6.45, 7) is 5.60. The van der Waals surface area contributed by atoms with Gasteiger partial charge in [-0.3, -0.25) is 0 Å². The standard InChI is InChI=1S/C21H44O2/c1-3-5-6-7-8-9-10-11-12-13-14-15-16-17-18-19-23-20-21(22)4-2/h21-22H,3-20H2,1-2H3. The molecule has 0 saturated heterocycles. The highest BCUT2D eigenvalue weighted by atomic mass is 16.5. The van der Waals surface area contributed by atoms with Crippen molar-refractivity contribution in [2.45, 2.75) is 123 Å². The fourth-order valence-corrected chi connectivity index (χ4v) is 2.91. The van der Waals surface area contributed by atoms with Crippen LogP contribution in [0.5, 0.6) is 0 Å². The Labute approximate surface area is 146 Å². The minimum absolute atomic E-state index is 0.272. The molecule has 23 heavy (non-hydrogen) atoms. The third-order valence-electron chi connectivity index (χ3n) is 4.67. The summed E-state index contributed by atoms with van der Waals surface area (Å²) < 4.78 is 5.45. The van der Waals surface area contributed by atoms with E-state index in [4.69, 9.17) is 4.74 Å². The van der Waals surface area contributed by atoms with Gasteiger partial charge in [-0.25, -0.2) is 0 Å². The summed E-state index contributed by atoms with van der Waals surface area (Å²) in [6, 6.07) is 0. The molecule has 1 unspecified atom stereocenters. The molecule has 0 heterocycles. The van der Waals surface area contributed by atoms with Gasteiger partial charge < -0.3 is 9.84 Å². The molecule has 0 aromatic heterocycles. The van der Waals surface area contributed by atoms with Crippen molar-refractivity contribution in [2.75, 3.05) is 13.2 Å². The molecular weight excluding hydrogens is 284 g/mol. The fourth-order valence-electron chi connectivity index (χ4n) is 2.91. The maximum atomic E-state index is 9.36. The second-order valence-corrected chi connectivity index (χ2v) is 7.09. The summed E-state index contributed by atoms with van der Waals surface area (Å²) in [5.41, 5.74) is 0. The Balaban J connectivity index is 2.97. The summed E-state index contributed by atoms with van der Waals surface area (Å²) in [5.74, 6) is 0. The third-order valence-corrected chi connectivity index (χ3v) is 4.67. The van der Waals surface area contributed by atoms with E-state index in [9.17, 15) is 5.11 Å². The van der Waals surface area contributed by atoms with E-state index >= 15 is 0 Å². The van der Waals surface area contributed by atoms with Crippen molar-refractivity contribution in [3.05, 3.63) is 0 Å². The smallest absolute Gasteiger partial charge is 0.0771 e. The van der Waals surface area contributed by atoms with Gasteiger partial charge in [-0.05, 0) is 12.8 Å². The highest BCUT2D eigenvalue weighted by molar-refractivity contribution is 4.51. The second-order valence-electron chi connectivity index (χ2n) is 7.09. The lowest BCUT2D eigenvalue weighted by atomic mass is 10.0. The maximum absolute atomic E-state index is 9.36. The van der Waals surface area contributed by atoms with Gasteiger partial charge in [0, 0.05) is 6.61 Å². The number of unbranched alkanes of at least 4 members (excludes halogenated alkanes) is 14. The Kier molecular flexibility index (Phi) is 19.9. The Hall–Kier alpha value is -0.0800. The summed E-state index contributed by atoms with van der Waals surface area (Å²) in [7, 11) is 0. The molecule has 2 nitrogen and oxygen atoms in total. The van der Waals surface area contributed by atoms with Crippen LogP contribution in [-0.4, -0.2) is 24.4 Å². The van der Waals surface area contributed by atoms with Crippen LogP contribution in [-0.2, 0) is 4.74 Å².